The summed E-state index contributed by atoms with van der Waals surface area (Å²) in [6.45, 7) is 0.728. The lowest BCUT2D eigenvalue weighted by Gasteiger charge is -2.16. The van der Waals surface area contributed by atoms with Gasteiger partial charge in [-0.25, -0.2) is 0 Å². The SMILES string of the molecule is CNC(=O)c1ccc(N)c(NC2CCN(C)C2=O)c1. The lowest BCUT2D eigenvalue weighted by molar-refractivity contribution is -0.127. The molecule has 0 spiro atoms. The van der Waals surface area contributed by atoms with Crippen molar-refractivity contribution in [1.82, 2.24) is 10.2 Å². The number of likely N-dealkylation sites (tertiary alicyclic amines) is 1. The van der Waals surface area contributed by atoms with Gasteiger partial charge < -0.3 is 21.3 Å². The van der Waals surface area contributed by atoms with Crippen LogP contribution in [0.5, 0.6) is 0 Å². The summed E-state index contributed by atoms with van der Waals surface area (Å²) in [6.07, 6.45) is 0.735. The van der Waals surface area contributed by atoms with E-state index < -0.39 is 0 Å². The van der Waals surface area contributed by atoms with Crippen molar-refractivity contribution in [1.29, 1.82) is 0 Å². The zero-order chi connectivity index (χ0) is 14.0. The Morgan fingerprint density at radius 3 is 2.79 bits per heavy atom. The fraction of sp³-hybridized carbons (Fsp3) is 0.385. The van der Waals surface area contributed by atoms with Crippen LogP contribution in [0.15, 0.2) is 18.2 Å². The van der Waals surface area contributed by atoms with Crippen LogP contribution in [0, 0.1) is 0 Å². The fourth-order valence-corrected chi connectivity index (χ4v) is 2.11. The quantitative estimate of drug-likeness (QED) is 0.682. The van der Waals surface area contributed by atoms with Gasteiger partial charge in [0.1, 0.15) is 6.04 Å². The normalized spacial score (nSPS) is 18.5. The summed E-state index contributed by atoms with van der Waals surface area (Å²) in [7, 11) is 3.34. The Bertz CT molecular complexity index is 515. The Morgan fingerprint density at radius 1 is 1.47 bits per heavy atom. The maximum Gasteiger partial charge on any atom is 0.251 e. The van der Waals surface area contributed by atoms with Crippen molar-refractivity contribution < 1.29 is 9.59 Å². The minimum Gasteiger partial charge on any atom is -0.397 e. The van der Waals surface area contributed by atoms with Crippen LogP contribution in [-0.4, -0.2) is 43.4 Å². The van der Waals surface area contributed by atoms with Crippen molar-refractivity contribution in [3.63, 3.8) is 0 Å². The summed E-state index contributed by atoms with van der Waals surface area (Å²) in [4.78, 5) is 25.1. The molecule has 1 aromatic carbocycles. The predicted molar refractivity (Wildman–Crippen MR) is 73.9 cm³/mol. The van der Waals surface area contributed by atoms with Crippen LogP contribution in [0.4, 0.5) is 11.4 Å². The van der Waals surface area contributed by atoms with Crippen molar-refractivity contribution in [2.24, 2.45) is 0 Å². The molecule has 1 atom stereocenters. The first-order valence-electron chi connectivity index (χ1n) is 6.16. The zero-order valence-corrected chi connectivity index (χ0v) is 11.1. The summed E-state index contributed by atoms with van der Waals surface area (Å²) in [5, 5.41) is 5.67. The van der Waals surface area contributed by atoms with Crippen LogP contribution in [0.25, 0.3) is 0 Å². The second-order valence-electron chi connectivity index (χ2n) is 4.63. The topological polar surface area (TPSA) is 87.5 Å². The van der Waals surface area contributed by atoms with E-state index in [-0.39, 0.29) is 17.9 Å². The van der Waals surface area contributed by atoms with Crippen LogP contribution < -0.4 is 16.4 Å². The maximum absolute atomic E-state index is 11.8. The van der Waals surface area contributed by atoms with Gasteiger partial charge in [0, 0.05) is 26.2 Å². The van der Waals surface area contributed by atoms with Crippen LogP contribution in [0.1, 0.15) is 16.8 Å². The van der Waals surface area contributed by atoms with Gasteiger partial charge in [0.15, 0.2) is 0 Å². The number of rotatable bonds is 3. The standard InChI is InChI=1S/C13H18N4O2/c1-15-12(18)8-3-4-9(14)11(7-8)16-10-5-6-17(2)13(10)19/h3-4,7,10,16H,5-6,14H2,1-2H3,(H,15,18). The van der Waals surface area contributed by atoms with E-state index in [2.05, 4.69) is 10.6 Å². The smallest absolute Gasteiger partial charge is 0.251 e. The van der Waals surface area contributed by atoms with Gasteiger partial charge >= 0.3 is 0 Å². The number of hydrogen-bond donors (Lipinski definition) is 3. The molecule has 0 bridgehead atoms. The highest BCUT2D eigenvalue weighted by Gasteiger charge is 2.29. The van der Waals surface area contributed by atoms with Gasteiger partial charge in [-0.05, 0) is 24.6 Å². The lowest BCUT2D eigenvalue weighted by Crippen LogP contribution is -2.31. The fourth-order valence-electron chi connectivity index (χ4n) is 2.11. The van der Waals surface area contributed by atoms with Crippen molar-refractivity contribution in [3.8, 4) is 0 Å². The van der Waals surface area contributed by atoms with E-state index in [1.165, 1.54) is 0 Å². The van der Waals surface area contributed by atoms with E-state index in [0.29, 0.717) is 16.9 Å². The Morgan fingerprint density at radius 2 is 2.21 bits per heavy atom. The molecular weight excluding hydrogens is 244 g/mol. The largest absolute Gasteiger partial charge is 0.397 e. The summed E-state index contributed by atoms with van der Waals surface area (Å²) in [5.74, 6) is -0.136. The molecule has 1 aliphatic rings. The number of amides is 2. The molecule has 1 aliphatic heterocycles. The molecule has 1 heterocycles. The van der Waals surface area contributed by atoms with Crippen molar-refractivity contribution in [3.05, 3.63) is 23.8 Å². The average Bonchev–Trinajstić information content (AvgIpc) is 2.72. The number of nitrogens with zero attached hydrogens (tertiary/aromatic N) is 1. The van der Waals surface area contributed by atoms with E-state index in [9.17, 15) is 9.59 Å². The Hall–Kier alpha value is -2.24. The number of carbonyl (C=O) groups excluding carboxylic acids is 2. The summed E-state index contributed by atoms with van der Waals surface area (Å²) in [5.41, 5.74) is 7.53. The van der Waals surface area contributed by atoms with Crippen molar-refractivity contribution in [2.45, 2.75) is 12.5 Å². The van der Waals surface area contributed by atoms with Crippen LogP contribution >= 0.6 is 0 Å². The van der Waals surface area contributed by atoms with E-state index in [1.807, 2.05) is 0 Å². The van der Waals surface area contributed by atoms with Crippen LogP contribution in [0.2, 0.25) is 0 Å². The summed E-state index contributed by atoms with van der Waals surface area (Å²) >= 11 is 0. The minimum absolute atomic E-state index is 0.0461. The van der Waals surface area contributed by atoms with E-state index in [4.69, 9.17) is 5.73 Å². The average molecular weight is 262 g/mol. The van der Waals surface area contributed by atoms with Crippen molar-refractivity contribution >= 4 is 23.2 Å². The van der Waals surface area contributed by atoms with Gasteiger partial charge in [0.05, 0.1) is 11.4 Å². The molecule has 2 rings (SSSR count). The van der Waals surface area contributed by atoms with Gasteiger partial charge in [-0.1, -0.05) is 0 Å². The third-order valence-electron chi connectivity index (χ3n) is 3.30. The Kier molecular flexibility index (Phi) is 3.59. The first-order valence-corrected chi connectivity index (χ1v) is 6.16. The molecule has 4 N–H and O–H groups in total. The van der Waals surface area contributed by atoms with Gasteiger partial charge in [-0.15, -0.1) is 0 Å². The molecule has 2 amide bonds. The number of anilines is 2. The minimum atomic E-state index is -0.271. The zero-order valence-electron chi connectivity index (χ0n) is 11.1. The molecule has 1 unspecified atom stereocenters. The molecule has 1 aromatic rings. The second-order valence-corrected chi connectivity index (χ2v) is 4.63. The highest BCUT2D eigenvalue weighted by Crippen LogP contribution is 2.23. The third kappa shape index (κ3) is 2.62. The number of benzene rings is 1. The van der Waals surface area contributed by atoms with E-state index in [0.717, 1.165) is 13.0 Å². The number of nitrogens with one attached hydrogen (secondary N) is 2. The number of hydrogen-bond acceptors (Lipinski definition) is 4. The molecule has 0 saturated carbocycles. The highest BCUT2D eigenvalue weighted by atomic mass is 16.2. The molecular formula is C13H18N4O2. The van der Waals surface area contributed by atoms with Gasteiger partial charge in [-0.3, -0.25) is 9.59 Å². The Labute approximate surface area is 112 Å². The number of nitrogens with two attached hydrogens (primary N) is 1. The van der Waals surface area contributed by atoms with E-state index >= 15 is 0 Å². The number of likely N-dealkylation sites (N-methyl/N-ethyl adjacent to an activating group) is 1. The highest BCUT2D eigenvalue weighted by molar-refractivity contribution is 5.96. The van der Waals surface area contributed by atoms with Gasteiger partial charge in [-0.2, -0.15) is 0 Å². The van der Waals surface area contributed by atoms with Crippen LogP contribution in [-0.2, 0) is 4.79 Å². The van der Waals surface area contributed by atoms with Crippen LogP contribution in [0.3, 0.4) is 0 Å². The molecule has 0 aliphatic carbocycles. The first-order chi connectivity index (χ1) is 9.02. The molecule has 102 valence electrons. The molecule has 6 nitrogen and oxygen atoms in total. The van der Waals surface area contributed by atoms with E-state index in [1.54, 1.807) is 37.2 Å². The predicted octanol–water partition coefficient (Wildman–Crippen LogP) is 0.271. The summed E-state index contributed by atoms with van der Waals surface area (Å²) < 4.78 is 0. The Balaban J connectivity index is 2.20. The second kappa shape index (κ2) is 5.17. The number of carbonyl (C=O) groups is 2. The maximum atomic E-state index is 11.8. The molecule has 0 radical (unpaired) electrons. The molecule has 1 fully saturated rings. The first kappa shape index (κ1) is 13.2. The lowest BCUT2D eigenvalue weighted by atomic mass is 10.1. The molecule has 0 aromatic heterocycles. The number of nitrogen functional groups attached to an aromatic ring is 1. The summed E-state index contributed by atoms with van der Waals surface area (Å²) in [6, 6.07) is 4.71. The molecule has 19 heavy (non-hydrogen) atoms. The monoisotopic (exact) mass is 262 g/mol. The van der Waals surface area contributed by atoms with Gasteiger partial charge in [0.25, 0.3) is 5.91 Å². The van der Waals surface area contributed by atoms with Gasteiger partial charge in [0.2, 0.25) is 5.91 Å². The molecule has 6 heteroatoms. The third-order valence-corrected chi connectivity index (χ3v) is 3.30. The van der Waals surface area contributed by atoms with Crippen molar-refractivity contribution in [2.75, 3.05) is 31.7 Å². The molecule has 1 saturated heterocycles.